The Morgan fingerprint density at radius 2 is 2.00 bits per heavy atom. The number of aliphatic hydroxyl groups is 1. The summed E-state index contributed by atoms with van der Waals surface area (Å²) in [5.74, 6) is 0. The smallest absolute Gasteiger partial charge is 0.0632 e. The maximum absolute atomic E-state index is 9.55. The van der Waals surface area contributed by atoms with Gasteiger partial charge in [0, 0.05) is 36.3 Å². The van der Waals surface area contributed by atoms with Crippen molar-refractivity contribution in [2.45, 2.75) is 18.9 Å². The summed E-state index contributed by atoms with van der Waals surface area (Å²) >= 11 is 0. The van der Waals surface area contributed by atoms with Crippen LogP contribution in [0.4, 0.5) is 11.4 Å². The molecule has 0 unspecified atom stereocenters. The lowest BCUT2D eigenvalue weighted by Crippen LogP contribution is -2.36. The van der Waals surface area contributed by atoms with Crippen LogP contribution in [0.2, 0.25) is 0 Å². The molecule has 1 aromatic heterocycles. The van der Waals surface area contributed by atoms with Crippen molar-refractivity contribution in [2.24, 2.45) is 0 Å². The quantitative estimate of drug-likeness (QED) is 0.749. The molecule has 0 aliphatic carbocycles. The number of aliphatic hydroxyl groups excluding tert-OH is 1. The van der Waals surface area contributed by atoms with E-state index in [0.717, 1.165) is 48.1 Å². The molecule has 1 aromatic carbocycles. The lowest BCUT2D eigenvalue weighted by molar-refractivity contribution is 0.145. The van der Waals surface area contributed by atoms with Gasteiger partial charge in [-0.15, -0.1) is 0 Å². The van der Waals surface area contributed by atoms with Crippen molar-refractivity contribution in [3.8, 4) is 0 Å². The highest BCUT2D eigenvalue weighted by atomic mass is 16.3. The van der Waals surface area contributed by atoms with Crippen LogP contribution >= 0.6 is 0 Å². The molecule has 1 aliphatic rings. The standard InChI is InChI=1S/C14H17N3O/c15-14-12-3-6-16-9-10(12)1-2-13(14)17-7-4-11(18)5-8-17/h1-3,6,9,11,18H,4-5,7-8,15H2. The fraction of sp³-hybridized carbons (Fsp3) is 0.357. The molecule has 0 spiro atoms. The number of hydrogen-bond acceptors (Lipinski definition) is 4. The molecule has 3 rings (SSSR count). The highest BCUT2D eigenvalue weighted by Gasteiger charge is 2.19. The van der Waals surface area contributed by atoms with E-state index in [2.05, 4.69) is 22.0 Å². The van der Waals surface area contributed by atoms with Crippen LogP contribution in [-0.2, 0) is 0 Å². The van der Waals surface area contributed by atoms with Gasteiger partial charge in [0.25, 0.3) is 0 Å². The third-order valence-corrected chi connectivity index (χ3v) is 3.64. The predicted octanol–water partition coefficient (Wildman–Crippen LogP) is 1.78. The minimum absolute atomic E-state index is 0.160. The number of piperidine rings is 1. The van der Waals surface area contributed by atoms with Crippen LogP contribution in [0.3, 0.4) is 0 Å². The number of anilines is 2. The SMILES string of the molecule is Nc1c(N2CCC(O)CC2)ccc2cnccc12. The van der Waals surface area contributed by atoms with Gasteiger partial charge in [0.05, 0.1) is 17.5 Å². The summed E-state index contributed by atoms with van der Waals surface area (Å²) in [6.45, 7) is 1.73. The lowest BCUT2D eigenvalue weighted by Gasteiger charge is -2.32. The molecular weight excluding hydrogens is 226 g/mol. The van der Waals surface area contributed by atoms with E-state index >= 15 is 0 Å². The second-order valence-electron chi connectivity index (χ2n) is 4.81. The Morgan fingerprint density at radius 3 is 2.78 bits per heavy atom. The molecule has 0 bridgehead atoms. The second kappa shape index (κ2) is 4.46. The Morgan fingerprint density at radius 1 is 1.22 bits per heavy atom. The summed E-state index contributed by atoms with van der Waals surface area (Å²) in [5, 5.41) is 11.7. The van der Waals surface area contributed by atoms with Gasteiger partial charge in [0.15, 0.2) is 0 Å². The first kappa shape index (κ1) is 11.3. The molecule has 1 aliphatic heterocycles. The van der Waals surface area contributed by atoms with Crippen LogP contribution < -0.4 is 10.6 Å². The second-order valence-corrected chi connectivity index (χ2v) is 4.81. The van der Waals surface area contributed by atoms with Crippen molar-refractivity contribution >= 4 is 22.1 Å². The first-order valence-electron chi connectivity index (χ1n) is 6.31. The first-order valence-corrected chi connectivity index (χ1v) is 6.31. The minimum atomic E-state index is -0.160. The van der Waals surface area contributed by atoms with Gasteiger partial charge in [0.2, 0.25) is 0 Å². The molecule has 0 amide bonds. The van der Waals surface area contributed by atoms with Crippen LogP contribution in [0.15, 0.2) is 30.6 Å². The molecule has 2 heterocycles. The molecule has 1 saturated heterocycles. The molecule has 4 nitrogen and oxygen atoms in total. The van der Waals surface area contributed by atoms with E-state index in [0.29, 0.717) is 0 Å². The highest BCUT2D eigenvalue weighted by molar-refractivity contribution is 5.98. The van der Waals surface area contributed by atoms with Crippen LogP contribution in [0.5, 0.6) is 0 Å². The van der Waals surface area contributed by atoms with E-state index in [1.165, 1.54) is 0 Å². The molecule has 18 heavy (non-hydrogen) atoms. The first-order chi connectivity index (χ1) is 8.75. The van der Waals surface area contributed by atoms with Gasteiger partial charge >= 0.3 is 0 Å². The van der Waals surface area contributed by atoms with Gasteiger partial charge in [-0.25, -0.2) is 0 Å². The molecule has 4 heteroatoms. The number of nitrogens with two attached hydrogens (primary N) is 1. The van der Waals surface area contributed by atoms with Gasteiger partial charge in [-0.2, -0.15) is 0 Å². The summed E-state index contributed by atoms with van der Waals surface area (Å²) < 4.78 is 0. The number of benzene rings is 1. The van der Waals surface area contributed by atoms with E-state index in [-0.39, 0.29) is 6.10 Å². The number of hydrogen-bond donors (Lipinski definition) is 2. The Labute approximate surface area is 106 Å². The van der Waals surface area contributed by atoms with Crippen LogP contribution in [0.25, 0.3) is 10.8 Å². The molecule has 3 N–H and O–H groups in total. The summed E-state index contributed by atoms with van der Waals surface area (Å²) in [5.41, 5.74) is 8.13. The zero-order valence-corrected chi connectivity index (χ0v) is 10.2. The predicted molar refractivity (Wildman–Crippen MR) is 73.6 cm³/mol. The van der Waals surface area contributed by atoms with Gasteiger partial charge in [-0.1, -0.05) is 6.07 Å². The van der Waals surface area contributed by atoms with Gasteiger partial charge in [0.1, 0.15) is 0 Å². The molecular formula is C14H17N3O. The van der Waals surface area contributed by atoms with Crippen molar-refractivity contribution in [1.82, 2.24) is 4.98 Å². The highest BCUT2D eigenvalue weighted by Crippen LogP contribution is 2.32. The molecule has 0 saturated carbocycles. The lowest BCUT2D eigenvalue weighted by atomic mass is 10.0. The van der Waals surface area contributed by atoms with E-state index < -0.39 is 0 Å². The molecule has 94 valence electrons. The number of fused-ring (bicyclic) bond motifs is 1. The minimum Gasteiger partial charge on any atom is -0.397 e. The third-order valence-electron chi connectivity index (χ3n) is 3.64. The van der Waals surface area contributed by atoms with Crippen LogP contribution in [0.1, 0.15) is 12.8 Å². The summed E-state index contributed by atoms with van der Waals surface area (Å²) in [6.07, 6.45) is 5.06. The van der Waals surface area contributed by atoms with E-state index in [1.807, 2.05) is 12.3 Å². The fourth-order valence-electron chi connectivity index (χ4n) is 2.56. The number of nitrogens with zero attached hydrogens (tertiary/aromatic N) is 2. The summed E-state index contributed by atoms with van der Waals surface area (Å²) in [4.78, 5) is 6.36. The topological polar surface area (TPSA) is 62.4 Å². The Bertz CT molecular complexity index is 562. The molecule has 2 aromatic rings. The molecule has 1 fully saturated rings. The average Bonchev–Trinajstić information content (AvgIpc) is 2.41. The fourth-order valence-corrected chi connectivity index (χ4v) is 2.56. The largest absolute Gasteiger partial charge is 0.397 e. The average molecular weight is 243 g/mol. The van der Waals surface area contributed by atoms with E-state index in [1.54, 1.807) is 6.20 Å². The number of aromatic nitrogens is 1. The van der Waals surface area contributed by atoms with Crippen LogP contribution in [0, 0.1) is 0 Å². The number of pyridine rings is 1. The number of rotatable bonds is 1. The Balaban J connectivity index is 1.99. The maximum atomic E-state index is 9.55. The molecule has 0 atom stereocenters. The van der Waals surface area contributed by atoms with E-state index in [9.17, 15) is 5.11 Å². The summed E-state index contributed by atoms with van der Waals surface area (Å²) in [7, 11) is 0. The molecule has 0 radical (unpaired) electrons. The monoisotopic (exact) mass is 243 g/mol. The third kappa shape index (κ3) is 1.88. The number of nitrogen functional groups attached to an aromatic ring is 1. The van der Waals surface area contributed by atoms with Crippen molar-refractivity contribution in [3.05, 3.63) is 30.6 Å². The van der Waals surface area contributed by atoms with Gasteiger partial charge in [-0.05, 0) is 25.0 Å². The normalized spacial score (nSPS) is 17.3. The zero-order chi connectivity index (χ0) is 12.5. The van der Waals surface area contributed by atoms with Crippen LogP contribution in [-0.4, -0.2) is 29.3 Å². The van der Waals surface area contributed by atoms with E-state index in [4.69, 9.17) is 5.73 Å². The van der Waals surface area contributed by atoms with Crippen molar-refractivity contribution < 1.29 is 5.11 Å². The van der Waals surface area contributed by atoms with Crippen molar-refractivity contribution in [3.63, 3.8) is 0 Å². The van der Waals surface area contributed by atoms with Gasteiger partial charge in [-0.3, -0.25) is 4.98 Å². The van der Waals surface area contributed by atoms with Crippen molar-refractivity contribution in [2.75, 3.05) is 23.7 Å². The Kier molecular flexibility index (Phi) is 2.80. The Hall–Kier alpha value is -1.81. The zero-order valence-electron chi connectivity index (χ0n) is 10.2. The van der Waals surface area contributed by atoms with Gasteiger partial charge < -0.3 is 15.7 Å². The van der Waals surface area contributed by atoms with Crippen molar-refractivity contribution in [1.29, 1.82) is 0 Å². The maximum Gasteiger partial charge on any atom is 0.0632 e. The summed E-state index contributed by atoms with van der Waals surface area (Å²) in [6, 6.07) is 6.06.